The lowest BCUT2D eigenvalue weighted by molar-refractivity contribution is -0.0442. The minimum atomic E-state index is 0.175. The molecule has 0 saturated carbocycles. The average Bonchev–Trinajstić information content (AvgIpc) is 2.56. The van der Waals surface area contributed by atoms with Crippen LogP contribution in [0, 0.1) is 0 Å². The van der Waals surface area contributed by atoms with Crippen LogP contribution < -0.4 is 5.32 Å². The van der Waals surface area contributed by atoms with Crippen molar-refractivity contribution in [3.05, 3.63) is 42.2 Å². The molecular weight excluding hydrogens is 262 g/mol. The van der Waals surface area contributed by atoms with Gasteiger partial charge in [0.05, 0.1) is 18.8 Å². The normalized spacial score (nSPS) is 21.5. The first-order valence-electron chi connectivity index (χ1n) is 7.67. The van der Waals surface area contributed by atoms with Gasteiger partial charge in [0, 0.05) is 30.9 Å². The fourth-order valence-corrected chi connectivity index (χ4v) is 3.17. The summed E-state index contributed by atoms with van der Waals surface area (Å²) in [5.74, 6) is 0. The van der Waals surface area contributed by atoms with Gasteiger partial charge in [-0.25, -0.2) is 0 Å². The van der Waals surface area contributed by atoms with Crippen LogP contribution in [-0.4, -0.2) is 49.3 Å². The highest BCUT2D eigenvalue weighted by Crippen LogP contribution is 2.28. The predicted octanol–water partition coefficient (Wildman–Crippen LogP) is 2.22. The third-order valence-electron chi connectivity index (χ3n) is 4.36. The quantitative estimate of drug-likeness (QED) is 0.934. The van der Waals surface area contributed by atoms with E-state index in [0.717, 1.165) is 26.2 Å². The maximum absolute atomic E-state index is 6.04. The first-order valence-corrected chi connectivity index (χ1v) is 7.67. The van der Waals surface area contributed by atoms with Crippen molar-refractivity contribution in [2.24, 2.45) is 0 Å². The highest BCUT2D eigenvalue weighted by molar-refractivity contribution is 5.85. The Bertz CT molecular complexity index is 596. The molecule has 4 nitrogen and oxygen atoms in total. The van der Waals surface area contributed by atoms with Gasteiger partial charge in [-0.1, -0.05) is 25.1 Å². The second-order valence-electron chi connectivity index (χ2n) is 5.51. The minimum absolute atomic E-state index is 0.175. The standard InChI is InChI=1S/C17H23N3O/c1-3-20-9-10-21-16(12-20)17(18-2)14-6-4-5-13-7-8-19-11-15(13)14/h4-8,11,16-18H,3,9-10,12H2,1-2H3. The molecule has 1 aliphatic heterocycles. The Morgan fingerprint density at radius 3 is 3.14 bits per heavy atom. The van der Waals surface area contributed by atoms with Crippen molar-refractivity contribution in [3.8, 4) is 0 Å². The maximum Gasteiger partial charge on any atom is 0.0897 e. The van der Waals surface area contributed by atoms with E-state index in [1.807, 2.05) is 19.4 Å². The Hall–Kier alpha value is -1.49. The highest BCUT2D eigenvalue weighted by atomic mass is 16.5. The van der Waals surface area contributed by atoms with E-state index in [-0.39, 0.29) is 12.1 Å². The molecule has 0 bridgehead atoms. The Kier molecular flexibility index (Phi) is 4.48. The molecule has 2 heterocycles. The zero-order valence-electron chi connectivity index (χ0n) is 12.7. The number of pyridine rings is 1. The van der Waals surface area contributed by atoms with Crippen molar-refractivity contribution in [3.63, 3.8) is 0 Å². The fourth-order valence-electron chi connectivity index (χ4n) is 3.17. The summed E-state index contributed by atoms with van der Waals surface area (Å²) in [4.78, 5) is 6.73. The van der Waals surface area contributed by atoms with Gasteiger partial charge in [0.1, 0.15) is 0 Å². The van der Waals surface area contributed by atoms with Crippen LogP contribution >= 0.6 is 0 Å². The number of hydrogen-bond acceptors (Lipinski definition) is 4. The molecule has 2 unspecified atom stereocenters. The highest BCUT2D eigenvalue weighted by Gasteiger charge is 2.28. The van der Waals surface area contributed by atoms with Gasteiger partial charge in [0.2, 0.25) is 0 Å². The third kappa shape index (κ3) is 2.93. The Balaban J connectivity index is 1.94. The van der Waals surface area contributed by atoms with Crippen LogP contribution in [0.25, 0.3) is 10.8 Å². The van der Waals surface area contributed by atoms with E-state index in [0.29, 0.717) is 0 Å². The molecule has 21 heavy (non-hydrogen) atoms. The number of rotatable bonds is 4. The second kappa shape index (κ2) is 6.52. The van der Waals surface area contributed by atoms with E-state index in [4.69, 9.17) is 4.74 Å². The van der Waals surface area contributed by atoms with Gasteiger partial charge in [0.15, 0.2) is 0 Å². The molecule has 0 aliphatic carbocycles. The molecule has 2 atom stereocenters. The summed E-state index contributed by atoms with van der Waals surface area (Å²) in [6.07, 6.45) is 3.97. The summed E-state index contributed by atoms with van der Waals surface area (Å²) in [5.41, 5.74) is 1.27. The number of nitrogens with zero attached hydrogens (tertiary/aromatic N) is 2. The summed E-state index contributed by atoms with van der Waals surface area (Å²) in [5, 5.41) is 5.88. The molecule has 0 amide bonds. The number of aromatic nitrogens is 1. The first kappa shape index (κ1) is 14.4. The van der Waals surface area contributed by atoms with Crippen LogP contribution in [-0.2, 0) is 4.74 Å². The zero-order valence-corrected chi connectivity index (χ0v) is 12.7. The molecule has 0 spiro atoms. The van der Waals surface area contributed by atoms with Crippen molar-refractivity contribution in [1.29, 1.82) is 0 Å². The molecule has 112 valence electrons. The predicted molar refractivity (Wildman–Crippen MR) is 85.4 cm³/mol. The van der Waals surface area contributed by atoms with Crippen LogP contribution in [0.15, 0.2) is 36.7 Å². The summed E-state index contributed by atoms with van der Waals surface area (Å²) in [6, 6.07) is 8.67. The number of benzene rings is 1. The minimum Gasteiger partial charge on any atom is -0.374 e. The lowest BCUT2D eigenvalue weighted by Gasteiger charge is -2.37. The zero-order chi connectivity index (χ0) is 14.7. The van der Waals surface area contributed by atoms with Crippen molar-refractivity contribution in [1.82, 2.24) is 15.2 Å². The van der Waals surface area contributed by atoms with Crippen LogP contribution in [0.2, 0.25) is 0 Å². The lowest BCUT2D eigenvalue weighted by Crippen LogP contribution is -2.47. The molecule has 1 aliphatic rings. The monoisotopic (exact) mass is 285 g/mol. The van der Waals surface area contributed by atoms with E-state index < -0.39 is 0 Å². The van der Waals surface area contributed by atoms with Gasteiger partial charge in [-0.05, 0) is 30.6 Å². The van der Waals surface area contributed by atoms with Crippen LogP contribution in [0.5, 0.6) is 0 Å². The molecule has 2 aromatic rings. The Morgan fingerprint density at radius 1 is 1.43 bits per heavy atom. The molecule has 1 saturated heterocycles. The number of hydrogen-bond donors (Lipinski definition) is 1. The van der Waals surface area contributed by atoms with Crippen molar-refractivity contribution >= 4 is 10.8 Å². The molecule has 1 aromatic heterocycles. The molecule has 3 rings (SSSR count). The second-order valence-corrected chi connectivity index (χ2v) is 5.51. The SMILES string of the molecule is CCN1CCOC(C(NC)c2cccc3ccncc23)C1. The molecule has 0 radical (unpaired) electrons. The Labute approximate surface area is 126 Å². The van der Waals surface area contributed by atoms with E-state index in [2.05, 4.69) is 46.4 Å². The van der Waals surface area contributed by atoms with Crippen molar-refractivity contribution < 1.29 is 4.74 Å². The third-order valence-corrected chi connectivity index (χ3v) is 4.36. The number of morpholine rings is 1. The topological polar surface area (TPSA) is 37.4 Å². The van der Waals surface area contributed by atoms with Gasteiger partial charge in [0.25, 0.3) is 0 Å². The van der Waals surface area contributed by atoms with Gasteiger partial charge in [-0.15, -0.1) is 0 Å². The van der Waals surface area contributed by atoms with Crippen LogP contribution in [0.1, 0.15) is 18.5 Å². The van der Waals surface area contributed by atoms with Gasteiger partial charge >= 0.3 is 0 Å². The Morgan fingerprint density at radius 2 is 2.33 bits per heavy atom. The summed E-state index contributed by atoms with van der Waals surface area (Å²) in [7, 11) is 2.01. The van der Waals surface area contributed by atoms with Crippen LogP contribution in [0.3, 0.4) is 0 Å². The van der Waals surface area contributed by atoms with Gasteiger partial charge < -0.3 is 10.1 Å². The molecular formula is C17H23N3O. The van der Waals surface area contributed by atoms with Crippen molar-refractivity contribution in [2.75, 3.05) is 33.3 Å². The molecule has 4 heteroatoms. The summed E-state index contributed by atoms with van der Waals surface area (Å²) >= 11 is 0. The molecule has 1 fully saturated rings. The summed E-state index contributed by atoms with van der Waals surface area (Å²) < 4.78 is 6.04. The number of likely N-dealkylation sites (N-methyl/N-ethyl adjacent to an activating group) is 2. The van der Waals surface area contributed by atoms with E-state index in [1.54, 1.807) is 0 Å². The maximum atomic E-state index is 6.04. The lowest BCUT2D eigenvalue weighted by atomic mass is 9.95. The summed E-state index contributed by atoms with van der Waals surface area (Å²) in [6.45, 7) is 6.09. The number of fused-ring (bicyclic) bond motifs is 1. The smallest absolute Gasteiger partial charge is 0.0897 e. The largest absolute Gasteiger partial charge is 0.374 e. The van der Waals surface area contributed by atoms with E-state index >= 15 is 0 Å². The van der Waals surface area contributed by atoms with Gasteiger partial charge in [-0.2, -0.15) is 0 Å². The van der Waals surface area contributed by atoms with E-state index in [9.17, 15) is 0 Å². The first-order chi connectivity index (χ1) is 10.3. The average molecular weight is 285 g/mol. The number of nitrogens with one attached hydrogen (secondary N) is 1. The van der Waals surface area contributed by atoms with Crippen molar-refractivity contribution in [2.45, 2.75) is 19.1 Å². The number of ether oxygens (including phenoxy) is 1. The molecule has 1 aromatic carbocycles. The molecule has 1 N–H and O–H groups in total. The van der Waals surface area contributed by atoms with Gasteiger partial charge in [-0.3, -0.25) is 9.88 Å². The fraction of sp³-hybridized carbons (Fsp3) is 0.471. The van der Waals surface area contributed by atoms with E-state index in [1.165, 1.54) is 16.3 Å². The van der Waals surface area contributed by atoms with Crippen LogP contribution in [0.4, 0.5) is 0 Å².